The van der Waals surface area contributed by atoms with Crippen LogP contribution in [0.25, 0.3) is 0 Å². The van der Waals surface area contributed by atoms with Crippen molar-refractivity contribution in [1.82, 2.24) is 19.6 Å². The van der Waals surface area contributed by atoms with Crippen LogP contribution in [0.15, 0.2) is 22.3 Å². The van der Waals surface area contributed by atoms with Gasteiger partial charge in [-0.05, 0) is 11.2 Å². The van der Waals surface area contributed by atoms with E-state index < -0.39 is 78.3 Å². The van der Waals surface area contributed by atoms with Crippen molar-refractivity contribution in [3.63, 3.8) is 0 Å². The van der Waals surface area contributed by atoms with Gasteiger partial charge < -0.3 is 20.6 Å². The number of halogens is 8. The molecule has 10 nitrogen and oxygen atoms in total. The van der Waals surface area contributed by atoms with Crippen molar-refractivity contribution in [2.45, 2.75) is 22.8 Å². The van der Waals surface area contributed by atoms with Crippen LogP contribution in [0.4, 0.5) is 37.0 Å². The first-order valence-electron chi connectivity index (χ1n) is 8.83. The summed E-state index contributed by atoms with van der Waals surface area (Å²) in [4.78, 5) is 18.6. The first-order chi connectivity index (χ1) is 16.0. The third-order valence-corrected chi connectivity index (χ3v) is 6.25. The number of phenolic OH excluding ortho intramolecular Hbond substituents is 1. The second-order valence-electron chi connectivity index (χ2n) is 6.90. The molecule has 0 radical (unpaired) electrons. The molecule has 2 amide bonds. The topological polar surface area (TPSA) is 126 Å². The molecule has 0 spiro atoms. The molecular weight excluding hydrogens is 557 g/mol. The second-order valence-corrected chi connectivity index (χ2v) is 9.12. The zero-order valence-corrected chi connectivity index (χ0v) is 19.5. The summed E-state index contributed by atoms with van der Waals surface area (Å²) in [6, 6.07) is -0.642. The van der Waals surface area contributed by atoms with Gasteiger partial charge in [0.05, 0.1) is 21.8 Å². The molecule has 2 heterocycles. The number of anilines is 1. The maximum absolute atomic E-state index is 13.2. The van der Waals surface area contributed by atoms with Crippen LogP contribution in [0.1, 0.15) is 17.4 Å². The van der Waals surface area contributed by atoms with Gasteiger partial charge in [-0.2, -0.15) is 36.1 Å². The van der Waals surface area contributed by atoms with Crippen molar-refractivity contribution >= 4 is 51.8 Å². The van der Waals surface area contributed by atoms with Crippen LogP contribution in [0, 0.1) is 0 Å². The van der Waals surface area contributed by atoms with Gasteiger partial charge in [0, 0.05) is 14.1 Å². The molecule has 1 aliphatic heterocycles. The van der Waals surface area contributed by atoms with Crippen molar-refractivity contribution in [3.8, 4) is 5.75 Å². The molecule has 3 rings (SSSR count). The number of benzene rings is 1. The van der Waals surface area contributed by atoms with E-state index in [0.29, 0.717) is 21.8 Å². The molecule has 0 fully saturated rings. The number of rotatable bonds is 2. The fourth-order valence-corrected chi connectivity index (χ4v) is 4.16. The largest absolute Gasteiger partial charge is 0.506 e. The standard InChI is InChI=1S/C16H12Cl2F6N6O4S/c1-28(2)14(32)29-12(8-6(17)3-5(15(19,20)21)10(31)9(8)18)34-27-13(29)30-11(25)7(4-26-30)35(33)16(22,23)24/h3-4,12,31H,25H2,1-2H3. The summed E-state index contributed by atoms with van der Waals surface area (Å²) >= 11 is 11.9. The van der Waals surface area contributed by atoms with Crippen molar-refractivity contribution in [2.24, 2.45) is 5.16 Å². The molecule has 1 aromatic carbocycles. The van der Waals surface area contributed by atoms with E-state index in [4.69, 9.17) is 33.8 Å². The van der Waals surface area contributed by atoms with Crippen LogP contribution >= 0.6 is 23.2 Å². The van der Waals surface area contributed by atoms with E-state index in [-0.39, 0.29) is 0 Å². The molecule has 0 bridgehead atoms. The lowest BCUT2D eigenvalue weighted by Crippen LogP contribution is -2.45. The summed E-state index contributed by atoms with van der Waals surface area (Å²) in [5.74, 6) is -2.91. The smallest absolute Gasteiger partial charge is 0.476 e. The Morgan fingerprint density at radius 1 is 1.26 bits per heavy atom. The van der Waals surface area contributed by atoms with Gasteiger partial charge in [-0.1, -0.05) is 23.2 Å². The predicted molar refractivity (Wildman–Crippen MR) is 110 cm³/mol. The van der Waals surface area contributed by atoms with Crippen LogP contribution in [-0.2, 0) is 21.8 Å². The van der Waals surface area contributed by atoms with E-state index in [0.717, 1.165) is 4.90 Å². The molecule has 0 saturated heterocycles. The van der Waals surface area contributed by atoms with Crippen molar-refractivity contribution in [2.75, 3.05) is 19.8 Å². The van der Waals surface area contributed by atoms with E-state index in [2.05, 4.69) is 10.3 Å². The van der Waals surface area contributed by atoms with Gasteiger partial charge in [-0.3, -0.25) is 0 Å². The molecule has 2 atom stereocenters. The van der Waals surface area contributed by atoms with Gasteiger partial charge in [0.1, 0.15) is 22.0 Å². The molecule has 2 aromatic rings. The lowest BCUT2D eigenvalue weighted by molar-refractivity contribution is -0.138. The minimum absolute atomic E-state index is 0.338. The molecule has 1 aliphatic rings. The van der Waals surface area contributed by atoms with E-state index >= 15 is 0 Å². The van der Waals surface area contributed by atoms with Gasteiger partial charge >= 0.3 is 17.7 Å². The van der Waals surface area contributed by atoms with Crippen LogP contribution in [0.2, 0.25) is 10.0 Å². The normalized spacial score (nSPS) is 17.3. The number of nitrogens with two attached hydrogens (primary N) is 1. The first kappa shape index (κ1) is 26.7. The lowest BCUT2D eigenvalue weighted by atomic mass is 10.1. The minimum Gasteiger partial charge on any atom is -0.506 e. The number of nitrogens with zero attached hydrogens (tertiary/aromatic N) is 5. The third-order valence-electron chi connectivity index (χ3n) is 4.42. The number of hydrogen-bond acceptors (Lipinski definition) is 7. The molecule has 19 heteroatoms. The minimum atomic E-state index is -5.18. The molecule has 0 aliphatic carbocycles. The quantitative estimate of drug-likeness (QED) is 0.528. The first-order valence-corrected chi connectivity index (χ1v) is 10.7. The maximum atomic E-state index is 13.2. The summed E-state index contributed by atoms with van der Waals surface area (Å²) in [6.07, 6.45) is -6.33. The number of carbonyl (C=O) groups is 1. The van der Waals surface area contributed by atoms with Gasteiger partial charge in [-0.15, -0.1) is 0 Å². The summed E-state index contributed by atoms with van der Waals surface area (Å²) in [6.45, 7) is 0. The fourth-order valence-electron chi connectivity index (χ4n) is 2.85. The molecule has 0 saturated carbocycles. The number of alkyl halides is 6. The molecule has 1 aromatic heterocycles. The van der Waals surface area contributed by atoms with Gasteiger partial charge in [0.2, 0.25) is 6.23 Å². The van der Waals surface area contributed by atoms with Crippen LogP contribution in [0.5, 0.6) is 5.75 Å². The zero-order chi connectivity index (χ0) is 26.6. The Morgan fingerprint density at radius 2 is 1.86 bits per heavy atom. The highest BCUT2D eigenvalue weighted by Gasteiger charge is 2.46. The average molecular weight is 569 g/mol. The number of nitrogen functional groups attached to an aromatic ring is 1. The predicted octanol–water partition coefficient (Wildman–Crippen LogP) is 3.96. The highest BCUT2D eigenvalue weighted by atomic mass is 35.5. The van der Waals surface area contributed by atoms with Gasteiger partial charge in [0.25, 0.3) is 5.96 Å². The summed E-state index contributed by atoms with van der Waals surface area (Å²) < 4.78 is 90.4. The third kappa shape index (κ3) is 4.66. The number of hydrogen-bond donors (Lipinski definition) is 2. The Kier molecular flexibility index (Phi) is 6.82. The van der Waals surface area contributed by atoms with Crippen LogP contribution in [-0.4, -0.2) is 60.5 Å². The van der Waals surface area contributed by atoms with Crippen molar-refractivity contribution < 1.29 is 45.3 Å². The maximum Gasteiger partial charge on any atom is 0.476 e. The van der Waals surface area contributed by atoms with Crippen LogP contribution < -0.4 is 5.73 Å². The average Bonchev–Trinajstić information content (AvgIpc) is 3.31. The summed E-state index contributed by atoms with van der Waals surface area (Å²) in [5, 5.41) is 15.5. The number of aromatic hydroxyl groups is 1. The number of oxime groups is 1. The molecule has 192 valence electrons. The highest BCUT2D eigenvalue weighted by Crippen LogP contribution is 2.48. The fraction of sp³-hybridized carbons (Fsp3) is 0.312. The Balaban J connectivity index is 2.15. The Labute approximate surface area is 203 Å². The second kappa shape index (κ2) is 8.94. The van der Waals surface area contributed by atoms with Crippen LogP contribution in [0.3, 0.4) is 0 Å². The SMILES string of the molecule is CN(C)C(=O)N1C(n2ncc(S(=O)C(F)(F)F)c2N)=NOC1c1c(Cl)cc(C(F)(F)F)c(O)c1Cl. The van der Waals surface area contributed by atoms with E-state index in [1.165, 1.54) is 14.1 Å². The van der Waals surface area contributed by atoms with E-state index in [1.807, 2.05) is 0 Å². The molecule has 2 unspecified atom stereocenters. The van der Waals surface area contributed by atoms with Crippen molar-refractivity contribution in [1.29, 1.82) is 0 Å². The van der Waals surface area contributed by atoms with Gasteiger partial charge in [-0.25, -0.2) is 13.9 Å². The zero-order valence-electron chi connectivity index (χ0n) is 17.1. The van der Waals surface area contributed by atoms with E-state index in [1.54, 1.807) is 0 Å². The summed E-state index contributed by atoms with van der Waals surface area (Å²) in [7, 11) is -1.09. The van der Waals surface area contributed by atoms with Gasteiger partial charge in [0.15, 0.2) is 10.8 Å². The van der Waals surface area contributed by atoms with E-state index in [9.17, 15) is 40.5 Å². The number of amides is 2. The molecule has 35 heavy (non-hydrogen) atoms. The Morgan fingerprint density at radius 3 is 2.37 bits per heavy atom. The number of phenols is 1. The monoisotopic (exact) mass is 568 g/mol. The Bertz CT molecular complexity index is 1250. The molecular formula is C16H12Cl2F6N6O4S. The highest BCUT2D eigenvalue weighted by molar-refractivity contribution is 7.86. The summed E-state index contributed by atoms with van der Waals surface area (Å²) in [5.41, 5.74) is -1.63. The number of urea groups is 1. The number of carbonyl (C=O) groups excluding carboxylic acids is 1. The number of aromatic nitrogens is 2. The lowest BCUT2D eigenvalue weighted by Gasteiger charge is -2.27. The Hall–Kier alpha value is -2.92. The van der Waals surface area contributed by atoms with Crippen molar-refractivity contribution in [3.05, 3.63) is 33.4 Å². The molecule has 3 N–H and O–H groups in total.